The molecule has 0 saturated heterocycles. The van der Waals surface area contributed by atoms with Gasteiger partial charge in [-0.25, -0.2) is 14.5 Å². The van der Waals surface area contributed by atoms with E-state index in [0.717, 1.165) is 4.90 Å². The summed E-state index contributed by atoms with van der Waals surface area (Å²) in [5.41, 5.74) is 0.316. The zero-order valence-electron chi connectivity index (χ0n) is 12.3. The minimum absolute atomic E-state index is 0.302. The molecule has 0 atom stereocenters. The van der Waals surface area contributed by atoms with Crippen molar-refractivity contribution < 1.29 is 28.5 Å². The third-order valence-electron chi connectivity index (χ3n) is 3.13. The topological polar surface area (TPSA) is 99.0 Å². The summed E-state index contributed by atoms with van der Waals surface area (Å²) in [4.78, 5) is 24.1. The number of rotatable bonds is 1. The molecule has 0 fully saturated rings. The molecule has 9 nitrogen and oxygen atoms in total. The molecule has 3 rings (SSSR count). The van der Waals surface area contributed by atoms with Crippen LogP contribution < -0.4 is 14.4 Å². The van der Waals surface area contributed by atoms with Gasteiger partial charge in [0.15, 0.2) is 11.5 Å². The van der Waals surface area contributed by atoms with Gasteiger partial charge in [-0.05, 0) is 12.1 Å². The zero-order valence-corrected chi connectivity index (χ0v) is 12.3. The van der Waals surface area contributed by atoms with Crippen LogP contribution in [0.2, 0.25) is 0 Å². The second-order valence-corrected chi connectivity index (χ2v) is 4.65. The fourth-order valence-electron chi connectivity index (χ4n) is 2.09. The number of hydrogen-bond donors (Lipinski definition) is 0. The van der Waals surface area contributed by atoms with Crippen LogP contribution in [-0.4, -0.2) is 51.7 Å². The lowest BCUT2D eigenvalue weighted by molar-refractivity contribution is 0.0223. The largest absolute Gasteiger partial charge is 0.487 e. The molecule has 23 heavy (non-hydrogen) atoms. The number of hydrogen-bond acceptors (Lipinski definition) is 6. The van der Waals surface area contributed by atoms with Crippen LogP contribution in [0.15, 0.2) is 28.4 Å². The van der Waals surface area contributed by atoms with E-state index in [2.05, 4.69) is 10.2 Å². The molecule has 9 heteroatoms. The molecule has 1 aromatic carbocycles. The highest BCUT2D eigenvalue weighted by Crippen LogP contribution is 2.33. The monoisotopic (exact) mass is 321 g/mol. The second kappa shape index (κ2) is 7.16. The average Bonchev–Trinajstić information content (AvgIpc) is 2.87. The number of fused-ring (bicyclic) bond motifs is 1. The first-order chi connectivity index (χ1) is 11.3. The summed E-state index contributed by atoms with van der Waals surface area (Å²) in [6.45, 7) is 2.44. The molecule has 2 heterocycles. The summed E-state index contributed by atoms with van der Waals surface area (Å²) in [6, 6.07) is 3.25. The fourth-order valence-corrected chi connectivity index (χ4v) is 2.09. The van der Waals surface area contributed by atoms with Crippen LogP contribution in [0.1, 0.15) is 0 Å². The van der Waals surface area contributed by atoms with Crippen molar-refractivity contribution in [3.05, 3.63) is 18.2 Å². The standard InChI is InChI=1S/C14H15N3O6/c18-13-15-16-14(19)17(13)10-1-2-11-12(9-10)23-8-6-21-4-3-20-5-7-22-11/h1-2,9H,3-8H2. The number of carbonyl (C=O) groups is 2. The predicted molar refractivity (Wildman–Crippen MR) is 77.2 cm³/mol. The van der Waals surface area contributed by atoms with Crippen molar-refractivity contribution in [1.29, 1.82) is 0 Å². The number of anilines is 1. The number of benzene rings is 1. The van der Waals surface area contributed by atoms with E-state index in [4.69, 9.17) is 18.9 Å². The Morgan fingerprint density at radius 3 is 2.00 bits per heavy atom. The van der Waals surface area contributed by atoms with Crippen molar-refractivity contribution in [1.82, 2.24) is 0 Å². The van der Waals surface area contributed by atoms with Gasteiger partial charge in [0.05, 0.1) is 32.1 Å². The maximum absolute atomic E-state index is 11.6. The van der Waals surface area contributed by atoms with E-state index < -0.39 is 12.1 Å². The fraction of sp³-hybridized carbons (Fsp3) is 0.429. The SMILES string of the molecule is O=C1N=NC(=O)N1c1ccc2c(c1)OCCOCCOCCO2. The molecule has 0 spiro atoms. The normalized spacial score (nSPS) is 19.4. The van der Waals surface area contributed by atoms with Crippen molar-refractivity contribution in [3.8, 4) is 11.5 Å². The van der Waals surface area contributed by atoms with Gasteiger partial charge in [-0.3, -0.25) is 0 Å². The molecule has 122 valence electrons. The van der Waals surface area contributed by atoms with Crippen LogP contribution in [-0.2, 0) is 9.47 Å². The van der Waals surface area contributed by atoms with E-state index in [1.807, 2.05) is 0 Å². The minimum Gasteiger partial charge on any atom is -0.487 e. The minimum atomic E-state index is -0.735. The summed E-state index contributed by atoms with van der Waals surface area (Å²) in [5, 5.41) is 6.45. The quantitative estimate of drug-likeness (QED) is 0.784. The summed E-state index contributed by atoms with van der Waals surface area (Å²) in [6.07, 6.45) is 0. The van der Waals surface area contributed by atoms with E-state index in [1.165, 1.54) is 6.07 Å². The van der Waals surface area contributed by atoms with Gasteiger partial charge in [0.2, 0.25) is 0 Å². The van der Waals surface area contributed by atoms with Crippen molar-refractivity contribution in [2.45, 2.75) is 0 Å². The number of carbonyl (C=O) groups excluding carboxylic acids is 2. The Kier molecular flexibility index (Phi) is 4.79. The Bertz CT molecular complexity index is 615. The molecule has 0 aromatic heterocycles. The number of urea groups is 2. The molecular weight excluding hydrogens is 306 g/mol. The van der Waals surface area contributed by atoms with Crippen molar-refractivity contribution >= 4 is 17.7 Å². The smallest absolute Gasteiger partial charge is 0.375 e. The lowest BCUT2D eigenvalue weighted by Gasteiger charge is -2.17. The number of azo groups is 1. The van der Waals surface area contributed by atoms with Gasteiger partial charge in [0.1, 0.15) is 13.2 Å². The molecule has 0 N–H and O–H groups in total. The lowest BCUT2D eigenvalue weighted by atomic mass is 10.2. The Labute approximate surface area is 131 Å². The zero-order chi connectivity index (χ0) is 16.1. The van der Waals surface area contributed by atoms with Gasteiger partial charge in [-0.2, -0.15) is 0 Å². The molecule has 2 aliphatic rings. The number of nitrogens with zero attached hydrogens (tertiary/aromatic N) is 3. The average molecular weight is 321 g/mol. The van der Waals surface area contributed by atoms with Gasteiger partial charge in [-0.15, -0.1) is 0 Å². The van der Waals surface area contributed by atoms with E-state index in [-0.39, 0.29) is 0 Å². The van der Waals surface area contributed by atoms with Crippen molar-refractivity contribution in [2.24, 2.45) is 10.2 Å². The molecule has 0 unspecified atom stereocenters. The molecule has 0 aliphatic carbocycles. The van der Waals surface area contributed by atoms with Gasteiger partial charge in [0, 0.05) is 6.07 Å². The van der Waals surface area contributed by atoms with Gasteiger partial charge >= 0.3 is 12.1 Å². The molecular formula is C14H15N3O6. The maximum Gasteiger partial charge on any atom is 0.375 e. The molecule has 4 amide bonds. The number of ether oxygens (including phenoxy) is 4. The first-order valence-electron chi connectivity index (χ1n) is 7.10. The van der Waals surface area contributed by atoms with Crippen molar-refractivity contribution in [3.63, 3.8) is 0 Å². The van der Waals surface area contributed by atoms with E-state index in [1.54, 1.807) is 12.1 Å². The highest BCUT2D eigenvalue weighted by molar-refractivity contribution is 6.17. The van der Waals surface area contributed by atoms with E-state index >= 15 is 0 Å². The highest BCUT2D eigenvalue weighted by Gasteiger charge is 2.29. The van der Waals surface area contributed by atoms with Crippen LogP contribution in [0.4, 0.5) is 15.3 Å². The number of imide groups is 1. The Morgan fingerprint density at radius 1 is 0.783 bits per heavy atom. The summed E-state index contributed by atoms with van der Waals surface area (Å²) in [7, 11) is 0. The maximum atomic E-state index is 11.6. The molecule has 0 bridgehead atoms. The van der Waals surface area contributed by atoms with Crippen LogP contribution in [0, 0.1) is 0 Å². The third-order valence-corrected chi connectivity index (χ3v) is 3.13. The lowest BCUT2D eigenvalue weighted by Crippen LogP contribution is -2.27. The first-order valence-corrected chi connectivity index (χ1v) is 7.10. The van der Waals surface area contributed by atoms with Crippen LogP contribution >= 0.6 is 0 Å². The molecule has 1 aromatic rings. The first kappa shape index (κ1) is 15.4. The van der Waals surface area contributed by atoms with Gasteiger partial charge in [0.25, 0.3) is 0 Å². The third kappa shape index (κ3) is 3.63. The van der Waals surface area contributed by atoms with Gasteiger partial charge < -0.3 is 18.9 Å². The molecule has 0 saturated carbocycles. The Hall–Kier alpha value is -2.52. The molecule has 0 radical (unpaired) electrons. The van der Waals surface area contributed by atoms with E-state index in [0.29, 0.717) is 56.8 Å². The van der Waals surface area contributed by atoms with Crippen molar-refractivity contribution in [2.75, 3.05) is 44.5 Å². The predicted octanol–water partition coefficient (Wildman–Crippen LogP) is 2.00. The van der Waals surface area contributed by atoms with Gasteiger partial charge in [-0.1, -0.05) is 10.2 Å². The highest BCUT2D eigenvalue weighted by atomic mass is 16.6. The summed E-state index contributed by atoms with van der Waals surface area (Å²) in [5.74, 6) is 0.894. The van der Waals surface area contributed by atoms with Crippen LogP contribution in [0.25, 0.3) is 0 Å². The second-order valence-electron chi connectivity index (χ2n) is 4.65. The summed E-state index contributed by atoms with van der Waals surface area (Å²) < 4.78 is 21.9. The van der Waals surface area contributed by atoms with E-state index in [9.17, 15) is 9.59 Å². The van der Waals surface area contributed by atoms with Crippen LogP contribution in [0.5, 0.6) is 11.5 Å². The Morgan fingerprint density at radius 2 is 1.35 bits per heavy atom. The summed E-state index contributed by atoms with van der Waals surface area (Å²) >= 11 is 0. The number of amides is 4. The molecule has 2 aliphatic heterocycles. The Balaban J connectivity index is 1.81. The van der Waals surface area contributed by atoms with Crippen LogP contribution in [0.3, 0.4) is 0 Å².